The van der Waals surface area contributed by atoms with Crippen LogP contribution in [0.3, 0.4) is 0 Å². The van der Waals surface area contributed by atoms with Gasteiger partial charge in [-0.15, -0.1) is 0 Å². The number of nitrogens with zero attached hydrogens (tertiary/aromatic N) is 1. The molecule has 0 fully saturated rings. The molecule has 1 atom stereocenters. The van der Waals surface area contributed by atoms with E-state index < -0.39 is 0 Å². The van der Waals surface area contributed by atoms with Crippen LogP contribution in [0.4, 0.5) is 10.5 Å². The fourth-order valence-electron chi connectivity index (χ4n) is 3.06. The van der Waals surface area contributed by atoms with Gasteiger partial charge in [0.15, 0.2) is 0 Å². The number of carbonyl (C=O) groups excluding carboxylic acids is 1. The van der Waals surface area contributed by atoms with E-state index in [4.69, 9.17) is 5.11 Å². The lowest BCUT2D eigenvalue weighted by Gasteiger charge is -2.28. The Morgan fingerprint density at radius 1 is 1.39 bits per heavy atom. The number of rotatable bonds is 6. The molecule has 128 valence electrons. The van der Waals surface area contributed by atoms with Crippen molar-refractivity contribution >= 4 is 11.7 Å². The molecular formula is C18H29N3O2. The first-order chi connectivity index (χ1) is 11.0. The third kappa shape index (κ3) is 4.86. The zero-order chi connectivity index (χ0) is 16.8. The molecule has 2 rings (SSSR count). The molecule has 0 saturated carbocycles. The van der Waals surface area contributed by atoms with Gasteiger partial charge in [-0.1, -0.05) is 26.0 Å². The van der Waals surface area contributed by atoms with Gasteiger partial charge in [0, 0.05) is 38.5 Å². The van der Waals surface area contributed by atoms with Crippen molar-refractivity contribution in [1.29, 1.82) is 0 Å². The van der Waals surface area contributed by atoms with Gasteiger partial charge in [-0.25, -0.2) is 4.79 Å². The molecule has 1 aliphatic heterocycles. The van der Waals surface area contributed by atoms with E-state index in [0.29, 0.717) is 18.9 Å². The Morgan fingerprint density at radius 3 is 2.87 bits per heavy atom. The van der Waals surface area contributed by atoms with Crippen LogP contribution in [0.5, 0.6) is 0 Å². The van der Waals surface area contributed by atoms with E-state index in [-0.39, 0.29) is 18.7 Å². The maximum Gasteiger partial charge on any atom is 0.315 e. The number of urea groups is 1. The molecule has 5 nitrogen and oxygen atoms in total. The molecule has 0 radical (unpaired) electrons. The van der Waals surface area contributed by atoms with E-state index in [1.807, 2.05) is 13.8 Å². The average molecular weight is 319 g/mol. The Hall–Kier alpha value is -1.75. The Labute approximate surface area is 139 Å². The summed E-state index contributed by atoms with van der Waals surface area (Å²) in [5.41, 5.74) is 3.78. The minimum absolute atomic E-state index is 0.00261. The number of aryl methyl sites for hydroxylation is 1. The van der Waals surface area contributed by atoms with E-state index in [2.05, 4.69) is 40.8 Å². The highest BCUT2D eigenvalue weighted by molar-refractivity contribution is 5.74. The number of carbonyl (C=O) groups is 1. The quantitative estimate of drug-likeness (QED) is 0.754. The van der Waals surface area contributed by atoms with E-state index >= 15 is 0 Å². The molecule has 3 N–H and O–H groups in total. The monoisotopic (exact) mass is 319 g/mol. The molecule has 0 bridgehead atoms. The first-order valence-corrected chi connectivity index (χ1v) is 8.49. The van der Waals surface area contributed by atoms with Gasteiger partial charge in [0.05, 0.1) is 0 Å². The molecule has 0 aromatic heterocycles. The van der Waals surface area contributed by atoms with Crippen molar-refractivity contribution in [2.24, 2.45) is 5.92 Å². The van der Waals surface area contributed by atoms with Crippen LogP contribution in [0.1, 0.15) is 37.8 Å². The predicted octanol–water partition coefficient (Wildman–Crippen LogP) is 2.28. The van der Waals surface area contributed by atoms with Crippen LogP contribution >= 0.6 is 0 Å². The summed E-state index contributed by atoms with van der Waals surface area (Å²) in [5.74, 6) is 0.298. The smallest absolute Gasteiger partial charge is 0.315 e. The minimum atomic E-state index is -0.174. The van der Waals surface area contributed by atoms with E-state index in [1.54, 1.807) is 0 Å². The lowest BCUT2D eigenvalue weighted by Crippen LogP contribution is -2.44. The van der Waals surface area contributed by atoms with Gasteiger partial charge in [0.1, 0.15) is 0 Å². The fraction of sp³-hybridized carbons (Fsp3) is 0.611. The van der Waals surface area contributed by atoms with Crippen molar-refractivity contribution < 1.29 is 9.90 Å². The summed E-state index contributed by atoms with van der Waals surface area (Å²) in [6.45, 7) is 5.80. The summed E-state index contributed by atoms with van der Waals surface area (Å²) in [7, 11) is 2.12. The van der Waals surface area contributed by atoms with Crippen LogP contribution in [0, 0.1) is 5.92 Å². The van der Waals surface area contributed by atoms with Gasteiger partial charge in [-0.05, 0) is 42.4 Å². The van der Waals surface area contributed by atoms with Crippen molar-refractivity contribution in [2.75, 3.05) is 25.1 Å². The number of fused-ring (bicyclic) bond motifs is 1. The minimum Gasteiger partial charge on any atom is -0.396 e. The number of amides is 2. The first-order valence-electron chi connectivity index (χ1n) is 8.49. The van der Waals surface area contributed by atoms with Gasteiger partial charge in [-0.2, -0.15) is 0 Å². The van der Waals surface area contributed by atoms with Crippen LogP contribution in [-0.4, -0.2) is 37.4 Å². The summed E-state index contributed by atoms with van der Waals surface area (Å²) in [5, 5.41) is 14.9. The molecule has 1 aliphatic rings. The lowest BCUT2D eigenvalue weighted by atomic mass is 9.99. The van der Waals surface area contributed by atoms with Crippen LogP contribution in [0.2, 0.25) is 0 Å². The Bertz CT molecular complexity index is 531. The van der Waals surface area contributed by atoms with Gasteiger partial charge >= 0.3 is 6.03 Å². The molecule has 23 heavy (non-hydrogen) atoms. The van der Waals surface area contributed by atoms with Crippen LogP contribution in [0.15, 0.2) is 18.2 Å². The van der Waals surface area contributed by atoms with Crippen molar-refractivity contribution in [1.82, 2.24) is 10.6 Å². The first kappa shape index (κ1) is 17.6. The SMILES string of the molecule is CC(C)C(CCO)NC(=O)NCc1ccc2c(c1)CCCN2C. The third-order valence-corrected chi connectivity index (χ3v) is 4.51. The molecule has 1 aromatic rings. The summed E-state index contributed by atoms with van der Waals surface area (Å²) < 4.78 is 0. The van der Waals surface area contributed by atoms with E-state index in [0.717, 1.165) is 18.5 Å². The van der Waals surface area contributed by atoms with Crippen LogP contribution in [0.25, 0.3) is 0 Å². The maximum absolute atomic E-state index is 12.0. The molecule has 1 aromatic carbocycles. The maximum atomic E-state index is 12.0. The number of benzene rings is 1. The molecule has 1 unspecified atom stereocenters. The zero-order valence-electron chi connectivity index (χ0n) is 14.4. The summed E-state index contributed by atoms with van der Waals surface area (Å²) >= 11 is 0. The molecule has 0 aliphatic carbocycles. The topological polar surface area (TPSA) is 64.6 Å². The second-order valence-electron chi connectivity index (χ2n) is 6.68. The Balaban J connectivity index is 1.89. The normalized spacial score (nSPS) is 15.3. The molecule has 0 saturated heterocycles. The molecular weight excluding hydrogens is 290 g/mol. The second-order valence-corrected chi connectivity index (χ2v) is 6.68. The van der Waals surface area contributed by atoms with Crippen molar-refractivity contribution in [2.45, 2.75) is 45.7 Å². The molecule has 5 heteroatoms. The van der Waals surface area contributed by atoms with Crippen molar-refractivity contribution in [3.63, 3.8) is 0 Å². The average Bonchev–Trinajstić information content (AvgIpc) is 2.52. The highest BCUT2D eigenvalue weighted by Crippen LogP contribution is 2.26. The number of hydrogen-bond donors (Lipinski definition) is 3. The van der Waals surface area contributed by atoms with Gasteiger partial charge in [0.2, 0.25) is 0 Å². The van der Waals surface area contributed by atoms with Gasteiger partial charge in [0.25, 0.3) is 0 Å². The number of anilines is 1. The number of aliphatic hydroxyl groups excluding tert-OH is 1. The standard InChI is InChI=1S/C18H29N3O2/c1-13(2)16(8-10-22)20-18(23)19-12-14-6-7-17-15(11-14)5-4-9-21(17)3/h6-7,11,13,16,22H,4-5,8-10,12H2,1-3H3,(H2,19,20,23). The van der Waals surface area contributed by atoms with Gasteiger partial charge < -0.3 is 20.6 Å². The summed E-state index contributed by atoms with van der Waals surface area (Å²) in [4.78, 5) is 14.3. The summed E-state index contributed by atoms with van der Waals surface area (Å²) in [6.07, 6.45) is 2.86. The molecule has 2 amide bonds. The van der Waals surface area contributed by atoms with Crippen LogP contribution < -0.4 is 15.5 Å². The number of aliphatic hydroxyl groups is 1. The van der Waals surface area contributed by atoms with Crippen molar-refractivity contribution in [3.05, 3.63) is 29.3 Å². The van der Waals surface area contributed by atoms with E-state index in [1.165, 1.54) is 17.7 Å². The highest BCUT2D eigenvalue weighted by atomic mass is 16.3. The largest absolute Gasteiger partial charge is 0.396 e. The Morgan fingerprint density at radius 2 is 2.17 bits per heavy atom. The molecule has 0 spiro atoms. The second kappa shape index (κ2) is 8.20. The molecule has 1 heterocycles. The van der Waals surface area contributed by atoms with Crippen LogP contribution in [-0.2, 0) is 13.0 Å². The Kier molecular flexibility index (Phi) is 6.28. The number of hydrogen-bond acceptors (Lipinski definition) is 3. The fourth-order valence-corrected chi connectivity index (χ4v) is 3.06. The predicted molar refractivity (Wildman–Crippen MR) is 93.7 cm³/mol. The van der Waals surface area contributed by atoms with E-state index in [9.17, 15) is 4.79 Å². The summed E-state index contributed by atoms with van der Waals surface area (Å²) in [6, 6.07) is 6.24. The van der Waals surface area contributed by atoms with Crippen molar-refractivity contribution in [3.8, 4) is 0 Å². The van der Waals surface area contributed by atoms with Gasteiger partial charge in [-0.3, -0.25) is 0 Å². The third-order valence-electron chi connectivity index (χ3n) is 4.51. The lowest BCUT2D eigenvalue weighted by molar-refractivity contribution is 0.218. The number of nitrogens with one attached hydrogen (secondary N) is 2. The highest BCUT2D eigenvalue weighted by Gasteiger charge is 2.16. The zero-order valence-corrected chi connectivity index (χ0v) is 14.4.